The van der Waals surface area contributed by atoms with Crippen molar-refractivity contribution in [3.63, 3.8) is 0 Å². The third kappa shape index (κ3) is 6.59. The van der Waals surface area contributed by atoms with E-state index in [-0.39, 0.29) is 17.3 Å². The van der Waals surface area contributed by atoms with Gasteiger partial charge in [0, 0.05) is 17.5 Å². The molecule has 3 rings (SSSR count). The van der Waals surface area contributed by atoms with E-state index < -0.39 is 42.6 Å². The highest BCUT2D eigenvalue weighted by Crippen LogP contribution is 2.30. The number of hydrogen-bond donors (Lipinski definition) is 3. The summed E-state index contributed by atoms with van der Waals surface area (Å²) < 4.78 is 15.9. The van der Waals surface area contributed by atoms with Crippen LogP contribution in [0.3, 0.4) is 0 Å². The Bertz CT molecular complexity index is 1280. The predicted octanol–water partition coefficient (Wildman–Crippen LogP) is 2.19. The molecular formula is C25H26N2O8. The van der Waals surface area contributed by atoms with Gasteiger partial charge in [0.2, 0.25) is 5.91 Å². The number of ether oxygens (including phenoxy) is 2. The third-order valence-electron chi connectivity index (χ3n) is 5.18. The molecule has 0 spiro atoms. The number of carbonyl (C=O) groups excluding carboxylic acids is 2. The van der Waals surface area contributed by atoms with Crippen molar-refractivity contribution in [2.45, 2.75) is 19.9 Å². The van der Waals surface area contributed by atoms with E-state index in [0.717, 1.165) is 5.56 Å². The van der Waals surface area contributed by atoms with Crippen LogP contribution >= 0.6 is 0 Å². The summed E-state index contributed by atoms with van der Waals surface area (Å²) in [5, 5.41) is 14.5. The van der Waals surface area contributed by atoms with Crippen molar-refractivity contribution in [2.24, 2.45) is 5.92 Å². The number of fused-ring (bicyclic) bond motifs is 1. The summed E-state index contributed by atoms with van der Waals surface area (Å²) in [5.41, 5.74) is 1.23. The summed E-state index contributed by atoms with van der Waals surface area (Å²) in [6.07, 6.45) is 0. The number of carboxylic acid groups (broad SMARTS) is 1. The molecule has 0 saturated heterocycles. The van der Waals surface area contributed by atoms with Crippen LogP contribution in [0.4, 0.5) is 0 Å². The first-order valence-corrected chi connectivity index (χ1v) is 10.8. The van der Waals surface area contributed by atoms with Crippen LogP contribution in [0.15, 0.2) is 57.7 Å². The topological polar surface area (TPSA) is 144 Å². The Balaban J connectivity index is 1.64. The summed E-state index contributed by atoms with van der Waals surface area (Å²) in [6.45, 7) is 2.54. The van der Waals surface area contributed by atoms with Gasteiger partial charge in [-0.15, -0.1) is 0 Å². The van der Waals surface area contributed by atoms with Crippen LogP contribution in [0.2, 0.25) is 0 Å². The van der Waals surface area contributed by atoms with Crippen molar-refractivity contribution in [3.8, 4) is 22.6 Å². The second kappa shape index (κ2) is 11.2. The molecule has 0 bridgehead atoms. The number of carbonyl (C=O) groups is 3. The van der Waals surface area contributed by atoms with E-state index in [1.807, 2.05) is 12.1 Å². The second-order valence-corrected chi connectivity index (χ2v) is 8.06. The lowest BCUT2D eigenvalue weighted by molar-refractivity contribution is -0.143. The van der Waals surface area contributed by atoms with Crippen molar-refractivity contribution < 1.29 is 33.4 Å². The fraction of sp³-hybridized carbons (Fsp3) is 0.280. The maximum atomic E-state index is 12.1. The van der Waals surface area contributed by atoms with E-state index in [1.54, 1.807) is 45.2 Å². The van der Waals surface area contributed by atoms with Crippen LogP contribution in [-0.4, -0.2) is 49.2 Å². The molecule has 1 atom stereocenters. The Morgan fingerprint density at radius 3 is 2.31 bits per heavy atom. The van der Waals surface area contributed by atoms with Crippen LogP contribution in [0.25, 0.3) is 22.1 Å². The number of amides is 2. The number of carboxylic acids is 1. The first kappa shape index (κ1) is 25.3. The minimum Gasteiger partial charge on any atom is -0.497 e. The zero-order chi connectivity index (χ0) is 25.5. The van der Waals surface area contributed by atoms with Gasteiger partial charge in [-0.3, -0.25) is 9.59 Å². The molecule has 10 heteroatoms. The van der Waals surface area contributed by atoms with Gasteiger partial charge in [-0.1, -0.05) is 26.0 Å². The van der Waals surface area contributed by atoms with Gasteiger partial charge in [0.25, 0.3) is 5.91 Å². The maximum Gasteiger partial charge on any atom is 0.336 e. The first-order chi connectivity index (χ1) is 16.7. The summed E-state index contributed by atoms with van der Waals surface area (Å²) in [4.78, 5) is 47.3. The van der Waals surface area contributed by atoms with Crippen molar-refractivity contribution in [1.82, 2.24) is 10.6 Å². The second-order valence-electron chi connectivity index (χ2n) is 8.06. The number of methoxy groups -OCH3 is 1. The Kier molecular flexibility index (Phi) is 8.08. The van der Waals surface area contributed by atoms with E-state index in [9.17, 15) is 19.2 Å². The number of nitrogens with one attached hydrogen (secondary N) is 2. The molecule has 10 nitrogen and oxygen atoms in total. The Hall–Kier alpha value is -4.34. The molecule has 0 saturated carbocycles. The minimum atomic E-state index is -1.15. The van der Waals surface area contributed by atoms with Crippen molar-refractivity contribution in [2.75, 3.05) is 20.3 Å². The van der Waals surface area contributed by atoms with Crippen LogP contribution in [0.1, 0.15) is 13.8 Å². The van der Waals surface area contributed by atoms with Crippen molar-refractivity contribution >= 4 is 28.8 Å². The molecule has 3 N–H and O–H groups in total. The molecule has 184 valence electrons. The van der Waals surface area contributed by atoms with Gasteiger partial charge in [0.05, 0.1) is 13.7 Å². The highest BCUT2D eigenvalue weighted by Gasteiger charge is 2.23. The van der Waals surface area contributed by atoms with Crippen molar-refractivity contribution in [1.29, 1.82) is 0 Å². The Labute approximate surface area is 200 Å². The van der Waals surface area contributed by atoms with Crippen molar-refractivity contribution in [3.05, 3.63) is 59.0 Å². The molecule has 1 unspecified atom stereocenters. The standard InChI is InChI=1S/C25H26N2O8/c1-14(2)24(25(31)32)27-21(28)12-26-22(29)13-34-17-8-9-18-19(11-23(30)35-20(18)10-17)15-4-6-16(33-3)7-5-15/h4-11,14,24H,12-13H2,1-3H3,(H,26,29)(H,27,28)(H,31,32). The van der Waals surface area contributed by atoms with Crippen LogP contribution in [0, 0.1) is 5.92 Å². The largest absolute Gasteiger partial charge is 0.497 e. The molecule has 2 amide bonds. The Morgan fingerprint density at radius 2 is 1.69 bits per heavy atom. The number of hydrogen-bond acceptors (Lipinski definition) is 7. The lowest BCUT2D eigenvalue weighted by atomic mass is 10.0. The molecule has 1 heterocycles. The van der Waals surface area contributed by atoms with E-state index in [0.29, 0.717) is 16.7 Å². The predicted molar refractivity (Wildman–Crippen MR) is 127 cm³/mol. The first-order valence-electron chi connectivity index (χ1n) is 10.8. The monoisotopic (exact) mass is 482 g/mol. The fourth-order valence-electron chi connectivity index (χ4n) is 3.36. The molecule has 2 aromatic carbocycles. The molecule has 0 radical (unpaired) electrons. The van der Waals surface area contributed by atoms with Crippen LogP contribution in [-0.2, 0) is 14.4 Å². The van der Waals surface area contributed by atoms with Crippen LogP contribution in [0.5, 0.6) is 11.5 Å². The van der Waals surface area contributed by atoms with Gasteiger partial charge in [-0.05, 0) is 41.3 Å². The zero-order valence-electron chi connectivity index (χ0n) is 19.5. The van der Waals surface area contributed by atoms with E-state index in [1.165, 1.54) is 12.1 Å². The molecule has 35 heavy (non-hydrogen) atoms. The summed E-state index contributed by atoms with van der Waals surface area (Å²) >= 11 is 0. The normalized spacial score (nSPS) is 11.7. The number of aliphatic carboxylic acids is 1. The van der Waals surface area contributed by atoms with E-state index in [4.69, 9.17) is 19.0 Å². The smallest absolute Gasteiger partial charge is 0.336 e. The molecule has 0 fully saturated rings. The SMILES string of the molecule is COc1ccc(-c2cc(=O)oc3cc(OCC(=O)NCC(=O)NC(C(=O)O)C(C)C)ccc23)cc1. The van der Waals surface area contributed by atoms with E-state index in [2.05, 4.69) is 10.6 Å². The zero-order valence-corrected chi connectivity index (χ0v) is 19.5. The van der Waals surface area contributed by atoms with Crippen LogP contribution < -0.4 is 25.7 Å². The minimum absolute atomic E-state index is 0.286. The van der Waals surface area contributed by atoms with Gasteiger partial charge in [0.15, 0.2) is 6.61 Å². The van der Waals surface area contributed by atoms with Gasteiger partial charge < -0.3 is 29.6 Å². The average Bonchev–Trinajstić information content (AvgIpc) is 2.83. The molecular weight excluding hydrogens is 456 g/mol. The summed E-state index contributed by atoms with van der Waals surface area (Å²) in [6, 6.07) is 12.4. The molecule has 0 aliphatic rings. The number of benzene rings is 2. The fourth-order valence-corrected chi connectivity index (χ4v) is 3.36. The highest BCUT2D eigenvalue weighted by atomic mass is 16.5. The average molecular weight is 482 g/mol. The van der Waals surface area contributed by atoms with Gasteiger partial charge in [-0.2, -0.15) is 0 Å². The lowest BCUT2D eigenvalue weighted by Gasteiger charge is -2.18. The summed E-state index contributed by atoms with van der Waals surface area (Å²) in [7, 11) is 1.57. The molecule has 1 aromatic heterocycles. The lowest BCUT2D eigenvalue weighted by Crippen LogP contribution is -2.48. The highest BCUT2D eigenvalue weighted by molar-refractivity contribution is 5.94. The van der Waals surface area contributed by atoms with E-state index >= 15 is 0 Å². The van der Waals surface area contributed by atoms with Gasteiger partial charge >= 0.3 is 11.6 Å². The molecule has 0 aliphatic heterocycles. The third-order valence-corrected chi connectivity index (χ3v) is 5.18. The molecule has 3 aromatic rings. The Morgan fingerprint density at radius 1 is 1.00 bits per heavy atom. The number of rotatable bonds is 10. The quantitative estimate of drug-likeness (QED) is 0.373. The molecule has 0 aliphatic carbocycles. The van der Waals surface area contributed by atoms with Gasteiger partial charge in [-0.25, -0.2) is 9.59 Å². The summed E-state index contributed by atoms with van der Waals surface area (Å²) in [5.74, 6) is -1.69. The van der Waals surface area contributed by atoms with Gasteiger partial charge in [0.1, 0.15) is 23.1 Å². The maximum absolute atomic E-state index is 12.1.